The lowest BCUT2D eigenvalue weighted by Gasteiger charge is -2.12. The van der Waals surface area contributed by atoms with E-state index in [1.807, 2.05) is 25.1 Å². The van der Waals surface area contributed by atoms with Gasteiger partial charge in [0.05, 0.1) is 16.2 Å². The lowest BCUT2D eigenvalue weighted by Crippen LogP contribution is -2.28. The number of benzene rings is 2. The number of hydrogen-bond donors (Lipinski definition) is 1. The van der Waals surface area contributed by atoms with E-state index in [1.54, 1.807) is 29.2 Å². The molecule has 1 heterocycles. The quantitative estimate of drug-likeness (QED) is 0.775. The third-order valence-electron chi connectivity index (χ3n) is 3.74. The molecule has 0 saturated carbocycles. The normalized spacial score (nSPS) is 17.3. The molecule has 0 spiro atoms. The Bertz CT molecular complexity index is 923. The molecule has 0 aromatic heterocycles. The van der Waals surface area contributed by atoms with Gasteiger partial charge in [0.1, 0.15) is 0 Å². The summed E-state index contributed by atoms with van der Waals surface area (Å²) >= 11 is 7.44. The van der Waals surface area contributed by atoms with Gasteiger partial charge in [0.2, 0.25) is 0 Å². The number of carboxylic acid groups (broad SMARTS) is 1. The predicted molar refractivity (Wildman–Crippen MR) is 105 cm³/mol. The van der Waals surface area contributed by atoms with Gasteiger partial charge in [-0.3, -0.25) is 9.69 Å². The molecule has 26 heavy (non-hydrogen) atoms. The molecule has 5 nitrogen and oxygen atoms in total. The van der Waals surface area contributed by atoms with Gasteiger partial charge < -0.3 is 5.11 Å². The summed E-state index contributed by atoms with van der Waals surface area (Å²) in [4.78, 5) is 30.2. The van der Waals surface area contributed by atoms with Gasteiger partial charge >= 0.3 is 5.97 Å². The fourth-order valence-corrected chi connectivity index (χ4v) is 3.64. The SMILES string of the molecule is CCN1C(=O)/C(=C/c2ccccc2Cl)SC1=Nc1ccc(C(=O)O)cc1. The van der Waals surface area contributed by atoms with Crippen molar-refractivity contribution in [1.29, 1.82) is 0 Å². The summed E-state index contributed by atoms with van der Waals surface area (Å²) in [5.41, 5.74) is 1.55. The first-order chi connectivity index (χ1) is 12.5. The van der Waals surface area contributed by atoms with Crippen molar-refractivity contribution in [2.24, 2.45) is 4.99 Å². The van der Waals surface area contributed by atoms with Crippen molar-refractivity contribution in [1.82, 2.24) is 4.90 Å². The van der Waals surface area contributed by atoms with Crippen molar-refractivity contribution >= 4 is 52.2 Å². The van der Waals surface area contributed by atoms with Crippen LogP contribution < -0.4 is 0 Å². The smallest absolute Gasteiger partial charge is 0.335 e. The van der Waals surface area contributed by atoms with Crippen molar-refractivity contribution < 1.29 is 14.7 Å². The Morgan fingerprint density at radius 2 is 1.92 bits per heavy atom. The van der Waals surface area contributed by atoms with Crippen LogP contribution in [0.2, 0.25) is 5.02 Å². The second kappa shape index (κ2) is 7.76. The number of thioether (sulfide) groups is 1. The lowest BCUT2D eigenvalue weighted by atomic mass is 10.2. The van der Waals surface area contributed by atoms with Gasteiger partial charge in [-0.2, -0.15) is 0 Å². The predicted octanol–water partition coefficient (Wildman–Crippen LogP) is 4.66. The average Bonchev–Trinajstić information content (AvgIpc) is 2.92. The van der Waals surface area contributed by atoms with Crippen LogP contribution in [0.3, 0.4) is 0 Å². The maximum atomic E-state index is 12.6. The number of rotatable bonds is 4. The van der Waals surface area contributed by atoms with Crippen molar-refractivity contribution in [2.45, 2.75) is 6.92 Å². The van der Waals surface area contributed by atoms with Crippen molar-refractivity contribution in [2.75, 3.05) is 6.54 Å². The van der Waals surface area contributed by atoms with Crippen molar-refractivity contribution in [3.8, 4) is 0 Å². The third kappa shape index (κ3) is 3.81. The van der Waals surface area contributed by atoms with E-state index in [1.165, 1.54) is 23.9 Å². The molecule has 1 fully saturated rings. The number of amidine groups is 1. The van der Waals surface area contributed by atoms with Crippen LogP contribution in [0, 0.1) is 0 Å². The topological polar surface area (TPSA) is 70.0 Å². The number of carbonyl (C=O) groups is 2. The molecule has 2 aromatic rings. The molecular formula is C19H15ClN2O3S. The highest BCUT2D eigenvalue weighted by atomic mass is 35.5. The fourth-order valence-electron chi connectivity index (χ4n) is 2.39. The summed E-state index contributed by atoms with van der Waals surface area (Å²) in [6.07, 6.45) is 1.76. The van der Waals surface area contributed by atoms with Gasteiger partial charge in [-0.15, -0.1) is 0 Å². The Morgan fingerprint density at radius 3 is 2.54 bits per heavy atom. The number of aliphatic imine (C=N–C) groups is 1. The number of likely N-dealkylation sites (N-methyl/N-ethyl adjacent to an activating group) is 1. The van der Waals surface area contributed by atoms with Gasteiger partial charge in [0.25, 0.3) is 5.91 Å². The second-order valence-corrected chi connectivity index (χ2v) is 6.84. The monoisotopic (exact) mass is 386 g/mol. The Balaban J connectivity index is 1.92. The van der Waals surface area contributed by atoms with E-state index in [4.69, 9.17) is 16.7 Å². The first-order valence-electron chi connectivity index (χ1n) is 7.87. The molecule has 0 aliphatic carbocycles. The summed E-state index contributed by atoms with van der Waals surface area (Å²) in [7, 11) is 0. The molecule has 1 saturated heterocycles. The lowest BCUT2D eigenvalue weighted by molar-refractivity contribution is -0.122. The highest BCUT2D eigenvalue weighted by Gasteiger charge is 2.32. The van der Waals surface area contributed by atoms with Crippen LogP contribution >= 0.6 is 23.4 Å². The molecule has 1 aliphatic rings. The van der Waals surface area contributed by atoms with E-state index in [9.17, 15) is 9.59 Å². The van der Waals surface area contributed by atoms with Crippen molar-refractivity contribution in [3.05, 3.63) is 69.6 Å². The summed E-state index contributed by atoms with van der Waals surface area (Å²) in [6.45, 7) is 2.36. The first kappa shape index (κ1) is 18.2. The fraction of sp³-hybridized carbons (Fsp3) is 0.105. The second-order valence-electron chi connectivity index (χ2n) is 5.43. The van der Waals surface area contributed by atoms with E-state index in [0.717, 1.165) is 5.56 Å². The molecule has 2 aromatic carbocycles. The van der Waals surface area contributed by atoms with Gasteiger partial charge in [-0.05, 0) is 60.7 Å². The summed E-state index contributed by atoms with van der Waals surface area (Å²) in [6, 6.07) is 13.5. The molecule has 0 atom stereocenters. The van der Waals surface area contributed by atoms with E-state index < -0.39 is 5.97 Å². The largest absolute Gasteiger partial charge is 0.478 e. The zero-order chi connectivity index (χ0) is 18.7. The molecular weight excluding hydrogens is 372 g/mol. The number of aromatic carboxylic acids is 1. The van der Waals surface area contributed by atoms with Crippen LogP contribution in [0.5, 0.6) is 0 Å². The Labute approximate surface area is 160 Å². The minimum Gasteiger partial charge on any atom is -0.478 e. The average molecular weight is 387 g/mol. The van der Waals surface area contributed by atoms with Gasteiger partial charge in [-0.1, -0.05) is 29.8 Å². The van der Waals surface area contributed by atoms with E-state index in [-0.39, 0.29) is 11.5 Å². The van der Waals surface area contributed by atoms with Crippen LogP contribution in [-0.2, 0) is 4.79 Å². The Hall–Kier alpha value is -2.57. The molecule has 1 amide bonds. The molecule has 3 rings (SSSR count). The number of amides is 1. The summed E-state index contributed by atoms with van der Waals surface area (Å²) in [5, 5.41) is 10.1. The van der Waals surface area contributed by atoms with Crippen molar-refractivity contribution in [3.63, 3.8) is 0 Å². The molecule has 0 radical (unpaired) electrons. The number of halogens is 1. The van der Waals surface area contributed by atoms with Gasteiger partial charge in [0.15, 0.2) is 5.17 Å². The number of carbonyl (C=O) groups excluding carboxylic acids is 1. The molecule has 7 heteroatoms. The van der Waals surface area contributed by atoms with E-state index in [2.05, 4.69) is 4.99 Å². The number of carboxylic acids is 1. The molecule has 1 N–H and O–H groups in total. The number of nitrogens with zero attached hydrogens (tertiary/aromatic N) is 2. The first-order valence-corrected chi connectivity index (χ1v) is 9.07. The molecule has 0 unspecified atom stereocenters. The molecule has 1 aliphatic heterocycles. The van der Waals surface area contributed by atoms with Crippen LogP contribution in [0.1, 0.15) is 22.8 Å². The maximum Gasteiger partial charge on any atom is 0.335 e. The number of hydrogen-bond acceptors (Lipinski definition) is 4. The zero-order valence-corrected chi connectivity index (χ0v) is 15.4. The van der Waals surface area contributed by atoms with E-state index in [0.29, 0.717) is 27.3 Å². The highest BCUT2D eigenvalue weighted by molar-refractivity contribution is 8.18. The Kier molecular flexibility index (Phi) is 5.44. The minimum atomic E-state index is -0.991. The highest BCUT2D eigenvalue weighted by Crippen LogP contribution is 2.34. The van der Waals surface area contributed by atoms with Crippen LogP contribution in [-0.4, -0.2) is 33.6 Å². The summed E-state index contributed by atoms with van der Waals surface area (Å²) < 4.78 is 0. The third-order valence-corrected chi connectivity index (χ3v) is 5.09. The zero-order valence-electron chi connectivity index (χ0n) is 13.8. The standard InChI is InChI=1S/C19H15ClN2O3S/c1-2-22-17(23)16(11-13-5-3-4-6-15(13)20)26-19(22)21-14-9-7-12(8-10-14)18(24)25/h3-11H,2H2,1H3,(H,24,25)/b16-11-,21-19?. The van der Waals surface area contributed by atoms with Crippen LogP contribution in [0.15, 0.2) is 58.4 Å². The molecule has 132 valence electrons. The summed E-state index contributed by atoms with van der Waals surface area (Å²) in [5.74, 6) is -1.12. The van der Waals surface area contributed by atoms with E-state index >= 15 is 0 Å². The van der Waals surface area contributed by atoms with Gasteiger partial charge in [0, 0.05) is 11.6 Å². The molecule has 0 bridgehead atoms. The minimum absolute atomic E-state index is 0.127. The Morgan fingerprint density at radius 1 is 1.23 bits per heavy atom. The van der Waals surface area contributed by atoms with Crippen LogP contribution in [0.25, 0.3) is 6.08 Å². The van der Waals surface area contributed by atoms with Gasteiger partial charge in [-0.25, -0.2) is 9.79 Å². The maximum absolute atomic E-state index is 12.6. The van der Waals surface area contributed by atoms with Crippen LogP contribution in [0.4, 0.5) is 5.69 Å².